The molecule has 2 heteroatoms. The van der Waals surface area contributed by atoms with E-state index in [2.05, 4.69) is 26.1 Å². The third kappa shape index (κ3) is 2.23. The largest absolute Gasteiger partial charge is 0.378 e. The van der Waals surface area contributed by atoms with Crippen molar-refractivity contribution in [2.75, 3.05) is 13.7 Å². The molecule has 0 bridgehead atoms. The van der Waals surface area contributed by atoms with Gasteiger partial charge in [-0.2, -0.15) is 0 Å². The van der Waals surface area contributed by atoms with Crippen molar-refractivity contribution in [1.29, 1.82) is 0 Å². The molecule has 13 heavy (non-hydrogen) atoms. The number of unbranched alkanes of at least 4 members (excludes halogenated alkanes) is 1. The second-order valence-corrected chi connectivity index (χ2v) is 4.61. The minimum atomic E-state index is 0.322. The lowest BCUT2D eigenvalue weighted by Gasteiger charge is -2.51. The van der Waals surface area contributed by atoms with Crippen molar-refractivity contribution in [3.05, 3.63) is 0 Å². The van der Waals surface area contributed by atoms with E-state index in [4.69, 9.17) is 4.74 Å². The number of rotatable bonds is 5. The summed E-state index contributed by atoms with van der Waals surface area (Å²) in [6.45, 7) is 7.70. The molecule has 0 amide bonds. The molecular formula is C11H23NO. The van der Waals surface area contributed by atoms with Crippen LogP contribution in [0.5, 0.6) is 0 Å². The summed E-state index contributed by atoms with van der Waals surface area (Å²) in [7, 11) is 2.04. The molecule has 0 aromatic heterocycles. The van der Waals surface area contributed by atoms with Gasteiger partial charge in [0.1, 0.15) is 0 Å². The number of ether oxygens (including phenoxy) is 1. The van der Waals surface area contributed by atoms with E-state index in [0.717, 1.165) is 6.61 Å². The van der Waals surface area contributed by atoms with Gasteiger partial charge >= 0.3 is 0 Å². The van der Waals surface area contributed by atoms with E-state index in [1.165, 1.54) is 19.3 Å². The molecule has 0 aromatic carbocycles. The Labute approximate surface area is 82.0 Å². The molecule has 0 aliphatic heterocycles. The summed E-state index contributed by atoms with van der Waals surface area (Å²) in [5.41, 5.74) is 0.322. The quantitative estimate of drug-likeness (QED) is 0.663. The summed E-state index contributed by atoms with van der Waals surface area (Å²) in [4.78, 5) is 0. The number of nitrogens with one attached hydrogen (secondary N) is 1. The summed E-state index contributed by atoms with van der Waals surface area (Å²) in [5.74, 6) is 0. The molecule has 1 aliphatic rings. The highest BCUT2D eigenvalue weighted by Gasteiger charge is 2.47. The first kappa shape index (κ1) is 11.0. The summed E-state index contributed by atoms with van der Waals surface area (Å²) < 4.78 is 5.83. The van der Waals surface area contributed by atoms with Crippen LogP contribution in [0.25, 0.3) is 0 Å². The molecule has 0 saturated heterocycles. The average Bonchev–Trinajstić information content (AvgIpc) is 2.10. The Bertz CT molecular complexity index is 156. The van der Waals surface area contributed by atoms with Crippen LogP contribution >= 0.6 is 0 Å². The van der Waals surface area contributed by atoms with Gasteiger partial charge in [-0.3, -0.25) is 0 Å². The molecule has 1 rings (SSSR count). The zero-order valence-corrected chi connectivity index (χ0v) is 9.39. The highest BCUT2D eigenvalue weighted by molar-refractivity contribution is 5.02. The van der Waals surface area contributed by atoms with Crippen molar-refractivity contribution in [3.63, 3.8) is 0 Å². The van der Waals surface area contributed by atoms with Crippen molar-refractivity contribution in [1.82, 2.24) is 5.32 Å². The molecule has 0 aromatic rings. The highest BCUT2D eigenvalue weighted by Crippen LogP contribution is 2.42. The van der Waals surface area contributed by atoms with Crippen LogP contribution in [0.4, 0.5) is 0 Å². The number of hydrogen-bond donors (Lipinski definition) is 1. The topological polar surface area (TPSA) is 21.3 Å². The molecule has 1 aliphatic carbocycles. The molecule has 2 nitrogen and oxygen atoms in total. The first-order valence-corrected chi connectivity index (χ1v) is 5.41. The second-order valence-electron chi connectivity index (χ2n) is 4.61. The van der Waals surface area contributed by atoms with Gasteiger partial charge in [-0.15, -0.1) is 0 Å². The van der Waals surface area contributed by atoms with E-state index in [1.54, 1.807) is 0 Å². The van der Waals surface area contributed by atoms with Crippen LogP contribution in [-0.2, 0) is 4.74 Å². The molecule has 0 unspecified atom stereocenters. The van der Waals surface area contributed by atoms with E-state index in [-0.39, 0.29) is 0 Å². The van der Waals surface area contributed by atoms with Gasteiger partial charge in [0, 0.05) is 18.1 Å². The molecule has 1 fully saturated rings. The van der Waals surface area contributed by atoms with E-state index < -0.39 is 0 Å². The average molecular weight is 185 g/mol. The van der Waals surface area contributed by atoms with Crippen LogP contribution in [0.2, 0.25) is 0 Å². The fourth-order valence-corrected chi connectivity index (χ4v) is 2.03. The fourth-order valence-electron chi connectivity index (χ4n) is 2.03. The van der Waals surface area contributed by atoms with Crippen LogP contribution < -0.4 is 5.32 Å². The number of hydrogen-bond acceptors (Lipinski definition) is 2. The molecule has 1 saturated carbocycles. The molecule has 1 N–H and O–H groups in total. The summed E-state index contributed by atoms with van der Waals surface area (Å²) >= 11 is 0. The Hall–Kier alpha value is -0.0800. The molecule has 0 spiro atoms. The van der Waals surface area contributed by atoms with Crippen LogP contribution in [0.3, 0.4) is 0 Å². The molecule has 0 heterocycles. The standard InChI is InChI=1S/C11H23NO/c1-5-6-7-13-10-8-9(12-4)11(10,2)3/h9-10,12H,5-8H2,1-4H3/t9-,10-/m1/s1. The maximum Gasteiger partial charge on any atom is 0.0655 e. The molecule has 78 valence electrons. The molecular weight excluding hydrogens is 162 g/mol. The Morgan fingerprint density at radius 2 is 2.15 bits per heavy atom. The van der Waals surface area contributed by atoms with E-state index >= 15 is 0 Å². The molecule has 0 radical (unpaired) electrons. The Balaban J connectivity index is 2.23. The Morgan fingerprint density at radius 1 is 1.46 bits per heavy atom. The molecule has 2 atom stereocenters. The van der Waals surface area contributed by atoms with Crippen molar-refractivity contribution >= 4 is 0 Å². The lowest BCUT2D eigenvalue weighted by atomic mass is 9.64. The maximum atomic E-state index is 5.83. The van der Waals surface area contributed by atoms with Crippen LogP contribution in [0.1, 0.15) is 40.0 Å². The SMILES string of the molecule is CCCCO[C@@H]1C[C@@H](NC)C1(C)C. The van der Waals surface area contributed by atoms with Crippen molar-refractivity contribution in [2.45, 2.75) is 52.2 Å². The second kappa shape index (κ2) is 4.43. The van der Waals surface area contributed by atoms with E-state index in [0.29, 0.717) is 17.6 Å². The third-order valence-corrected chi connectivity index (χ3v) is 3.34. The van der Waals surface area contributed by atoms with Crippen LogP contribution in [-0.4, -0.2) is 25.8 Å². The van der Waals surface area contributed by atoms with Gasteiger partial charge in [0.25, 0.3) is 0 Å². The lowest BCUT2D eigenvalue weighted by Crippen LogP contribution is -2.60. The van der Waals surface area contributed by atoms with E-state index in [1.807, 2.05) is 7.05 Å². The van der Waals surface area contributed by atoms with Crippen molar-refractivity contribution in [3.8, 4) is 0 Å². The van der Waals surface area contributed by atoms with Gasteiger partial charge in [-0.05, 0) is 19.9 Å². The zero-order chi connectivity index (χ0) is 9.90. The van der Waals surface area contributed by atoms with Gasteiger partial charge in [0.2, 0.25) is 0 Å². The predicted molar refractivity (Wildman–Crippen MR) is 55.9 cm³/mol. The summed E-state index contributed by atoms with van der Waals surface area (Å²) in [5, 5.41) is 3.33. The first-order valence-electron chi connectivity index (χ1n) is 5.41. The van der Waals surface area contributed by atoms with Gasteiger partial charge in [0.05, 0.1) is 6.10 Å². The Morgan fingerprint density at radius 3 is 2.62 bits per heavy atom. The minimum absolute atomic E-state index is 0.322. The smallest absolute Gasteiger partial charge is 0.0655 e. The maximum absolute atomic E-state index is 5.83. The van der Waals surface area contributed by atoms with Gasteiger partial charge in [-0.1, -0.05) is 27.2 Å². The highest BCUT2D eigenvalue weighted by atomic mass is 16.5. The van der Waals surface area contributed by atoms with Crippen LogP contribution in [0.15, 0.2) is 0 Å². The van der Waals surface area contributed by atoms with E-state index in [9.17, 15) is 0 Å². The Kier molecular flexibility index (Phi) is 3.74. The summed E-state index contributed by atoms with van der Waals surface area (Å²) in [6, 6.07) is 0.638. The van der Waals surface area contributed by atoms with Crippen molar-refractivity contribution in [2.24, 2.45) is 5.41 Å². The zero-order valence-electron chi connectivity index (χ0n) is 9.39. The van der Waals surface area contributed by atoms with Gasteiger partial charge in [0.15, 0.2) is 0 Å². The normalized spacial score (nSPS) is 31.4. The van der Waals surface area contributed by atoms with Crippen LogP contribution in [0, 0.1) is 5.41 Å². The summed E-state index contributed by atoms with van der Waals surface area (Å²) in [6.07, 6.45) is 4.06. The monoisotopic (exact) mass is 185 g/mol. The third-order valence-electron chi connectivity index (χ3n) is 3.34. The first-order chi connectivity index (χ1) is 6.12. The lowest BCUT2D eigenvalue weighted by molar-refractivity contribution is -0.116. The van der Waals surface area contributed by atoms with Gasteiger partial charge in [-0.25, -0.2) is 0 Å². The fraction of sp³-hybridized carbons (Fsp3) is 1.00. The predicted octanol–water partition coefficient (Wildman–Crippen LogP) is 2.19. The minimum Gasteiger partial charge on any atom is -0.378 e. The van der Waals surface area contributed by atoms with Crippen molar-refractivity contribution < 1.29 is 4.74 Å². The van der Waals surface area contributed by atoms with Gasteiger partial charge < -0.3 is 10.1 Å².